The number of sulfonamides is 1. The second-order valence-electron chi connectivity index (χ2n) is 6.08. The van der Waals surface area contributed by atoms with Crippen LogP contribution in [0, 0.1) is 0 Å². The van der Waals surface area contributed by atoms with E-state index in [1.165, 1.54) is 0 Å². The topological polar surface area (TPSA) is 40.6 Å². The van der Waals surface area contributed by atoms with Crippen LogP contribution in [0.1, 0.15) is 24.4 Å². The summed E-state index contributed by atoms with van der Waals surface area (Å²) >= 11 is 0. The predicted octanol–water partition coefficient (Wildman–Crippen LogP) is 3.28. The van der Waals surface area contributed by atoms with Crippen LogP contribution in [0.2, 0.25) is 0 Å². The standard InChI is InChI=1S/C18H22N2O2S/c1-19(2)16-9-6-8-15(14-16)18-12-7-13-20(18)23(21,22)17-10-4-3-5-11-17/h3-6,8-11,14,18H,7,12-13H2,1-2H3. The molecule has 1 atom stereocenters. The van der Waals surface area contributed by atoms with Gasteiger partial charge in [0.05, 0.1) is 10.9 Å². The van der Waals surface area contributed by atoms with Crippen LogP contribution >= 0.6 is 0 Å². The van der Waals surface area contributed by atoms with E-state index in [0.717, 1.165) is 24.1 Å². The largest absolute Gasteiger partial charge is 0.378 e. The van der Waals surface area contributed by atoms with E-state index >= 15 is 0 Å². The lowest BCUT2D eigenvalue weighted by molar-refractivity contribution is 0.397. The van der Waals surface area contributed by atoms with Gasteiger partial charge in [-0.3, -0.25) is 0 Å². The molecule has 0 amide bonds. The van der Waals surface area contributed by atoms with Gasteiger partial charge in [-0.25, -0.2) is 8.42 Å². The third kappa shape index (κ3) is 3.12. The van der Waals surface area contributed by atoms with Gasteiger partial charge in [0.25, 0.3) is 0 Å². The third-order valence-corrected chi connectivity index (χ3v) is 6.25. The van der Waals surface area contributed by atoms with Crippen LogP contribution in [0.5, 0.6) is 0 Å². The molecule has 1 aliphatic rings. The maximum absolute atomic E-state index is 13.0. The molecule has 0 radical (unpaired) electrons. The zero-order chi connectivity index (χ0) is 16.4. The van der Waals surface area contributed by atoms with E-state index < -0.39 is 10.0 Å². The first-order chi connectivity index (χ1) is 11.0. The Bertz CT molecular complexity index is 773. The van der Waals surface area contributed by atoms with Crippen LogP contribution in [0.4, 0.5) is 5.69 Å². The SMILES string of the molecule is CN(C)c1cccc(C2CCCN2S(=O)(=O)c2ccccc2)c1. The van der Waals surface area contributed by atoms with Gasteiger partial charge >= 0.3 is 0 Å². The second-order valence-corrected chi connectivity index (χ2v) is 7.97. The van der Waals surface area contributed by atoms with Crippen LogP contribution in [-0.2, 0) is 10.0 Å². The van der Waals surface area contributed by atoms with E-state index in [1.54, 1.807) is 28.6 Å². The van der Waals surface area contributed by atoms with Crippen molar-refractivity contribution in [3.05, 3.63) is 60.2 Å². The van der Waals surface area contributed by atoms with Gasteiger partial charge in [0, 0.05) is 26.3 Å². The van der Waals surface area contributed by atoms with Crippen molar-refractivity contribution in [2.24, 2.45) is 0 Å². The Balaban J connectivity index is 1.96. The summed E-state index contributed by atoms with van der Waals surface area (Å²) in [4.78, 5) is 2.41. The van der Waals surface area contributed by atoms with E-state index in [0.29, 0.717) is 11.4 Å². The van der Waals surface area contributed by atoms with Gasteiger partial charge in [-0.05, 0) is 42.7 Å². The first-order valence-corrected chi connectivity index (χ1v) is 9.28. The summed E-state index contributed by atoms with van der Waals surface area (Å²) in [6, 6.07) is 16.8. The van der Waals surface area contributed by atoms with Gasteiger partial charge in [-0.1, -0.05) is 30.3 Å². The number of benzene rings is 2. The van der Waals surface area contributed by atoms with E-state index in [2.05, 4.69) is 6.07 Å². The fourth-order valence-corrected chi connectivity index (χ4v) is 4.80. The normalized spacial score (nSPS) is 19.0. The summed E-state index contributed by atoms with van der Waals surface area (Å²) in [6.07, 6.45) is 1.76. The molecule has 122 valence electrons. The molecule has 5 heteroatoms. The van der Waals surface area contributed by atoms with Crippen LogP contribution in [0.3, 0.4) is 0 Å². The fraction of sp³-hybridized carbons (Fsp3) is 0.333. The highest BCUT2D eigenvalue weighted by Gasteiger charge is 2.36. The molecule has 0 bridgehead atoms. The van der Waals surface area contributed by atoms with Gasteiger partial charge in [-0.15, -0.1) is 0 Å². The van der Waals surface area contributed by atoms with Crippen molar-refractivity contribution in [1.82, 2.24) is 4.31 Å². The molecule has 1 heterocycles. The molecule has 3 rings (SSSR count). The summed E-state index contributed by atoms with van der Waals surface area (Å²) < 4.78 is 27.6. The Hall–Kier alpha value is -1.85. The minimum Gasteiger partial charge on any atom is -0.378 e. The lowest BCUT2D eigenvalue weighted by atomic mass is 10.0. The fourth-order valence-electron chi connectivity index (χ4n) is 3.10. The monoisotopic (exact) mass is 330 g/mol. The average Bonchev–Trinajstić information content (AvgIpc) is 3.06. The molecule has 2 aromatic rings. The summed E-state index contributed by atoms with van der Waals surface area (Å²) in [5.41, 5.74) is 2.15. The molecule has 0 saturated carbocycles. The van der Waals surface area contributed by atoms with E-state index in [4.69, 9.17) is 0 Å². The first kappa shape index (κ1) is 16.0. The van der Waals surface area contributed by atoms with Crippen molar-refractivity contribution in [2.75, 3.05) is 25.5 Å². The minimum atomic E-state index is -3.45. The van der Waals surface area contributed by atoms with Gasteiger partial charge in [-0.2, -0.15) is 4.31 Å². The molecule has 0 aromatic heterocycles. The lowest BCUT2D eigenvalue weighted by Crippen LogP contribution is -2.30. The van der Waals surface area contributed by atoms with E-state index in [9.17, 15) is 8.42 Å². The molecule has 2 aromatic carbocycles. The second kappa shape index (κ2) is 6.34. The molecule has 1 fully saturated rings. The van der Waals surface area contributed by atoms with Crippen molar-refractivity contribution in [3.63, 3.8) is 0 Å². The number of hydrogen-bond donors (Lipinski definition) is 0. The molecule has 0 spiro atoms. The Morgan fingerprint density at radius 3 is 2.48 bits per heavy atom. The van der Waals surface area contributed by atoms with Gasteiger partial charge < -0.3 is 4.90 Å². The third-order valence-electron chi connectivity index (χ3n) is 4.32. The average molecular weight is 330 g/mol. The Labute approximate surface area is 138 Å². The zero-order valence-corrected chi connectivity index (χ0v) is 14.3. The van der Waals surface area contributed by atoms with Crippen molar-refractivity contribution >= 4 is 15.7 Å². The first-order valence-electron chi connectivity index (χ1n) is 7.84. The van der Waals surface area contributed by atoms with Gasteiger partial charge in [0.1, 0.15) is 0 Å². The predicted molar refractivity (Wildman–Crippen MR) is 93.1 cm³/mol. The minimum absolute atomic E-state index is 0.0832. The van der Waals surface area contributed by atoms with Crippen molar-refractivity contribution < 1.29 is 8.42 Å². The zero-order valence-electron chi connectivity index (χ0n) is 13.5. The molecule has 1 aliphatic heterocycles. The molecule has 1 saturated heterocycles. The van der Waals surface area contributed by atoms with E-state index in [1.807, 2.05) is 43.3 Å². The molecule has 1 unspecified atom stereocenters. The summed E-state index contributed by atoms with van der Waals surface area (Å²) in [7, 11) is 0.535. The quantitative estimate of drug-likeness (QED) is 0.864. The number of anilines is 1. The number of nitrogens with zero attached hydrogens (tertiary/aromatic N) is 2. The molecule has 4 nitrogen and oxygen atoms in total. The number of rotatable bonds is 4. The van der Waals surface area contributed by atoms with Crippen LogP contribution in [0.15, 0.2) is 59.5 Å². The Morgan fingerprint density at radius 1 is 1.04 bits per heavy atom. The summed E-state index contributed by atoms with van der Waals surface area (Å²) in [6.45, 7) is 0.577. The van der Waals surface area contributed by atoms with Crippen molar-refractivity contribution in [3.8, 4) is 0 Å². The molecular weight excluding hydrogens is 308 g/mol. The molecule has 0 aliphatic carbocycles. The smallest absolute Gasteiger partial charge is 0.243 e. The highest BCUT2D eigenvalue weighted by molar-refractivity contribution is 7.89. The maximum Gasteiger partial charge on any atom is 0.243 e. The van der Waals surface area contributed by atoms with Gasteiger partial charge in [0.15, 0.2) is 0 Å². The number of hydrogen-bond acceptors (Lipinski definition) is 3. The summed E-state index contributed by atoms with van der Waals surface area (Å²) in [5, 5.41) is 0. The van der Waals surface area contributed by atoms with Crippen molar-refractivity contribution in [2.45, 2.75) is 23.8 Å². The van der Waals surface area contributed by atoms with Crippen molar-refractivity contribution in [1.29, 1.82) is 0 Å². The molecular formula is C18H22N2O2S. The highest BCUT2D eigenvalue weighted by Crippen LogP contribution is 2.37. The van der Waals surface area contributed by atoms with Crippen LogP contribution in [0.25, 0.3) is 0 Å². The Morgan fingerprint density at radius 2 is 1.78 bits per heavy atom. The maximum atomic E-state index is 13.0. The molecule has 23 heavy (non-hydrogen) atoms. The van der Waals surface area contributed by atoms with Crippen LogP contribution < -0.4 is 4.90 Å². The van der Waals surface area contributed by atoms with Crippen LogP contribution in [-0.4, -0.2) is 33.4 Å². The highest BCUT2D eigenvalue weighted by atomic mass is 32.2. The summed E-state index contributed by atoms with van der Waals surface area (Å²) in [5.74, 6) is 0. The van der Waals surface area contributed by atoms with E-state index in [-0.39, 0.29) is 6.04 Å². The van der Waals surface area contributed by atoms with Gasteiger partial charge in [0.2, 0.25) is 10.0 Å². The lowest BCUT2D eigenvalue weighted by Gasteiger charge is -2.25. The molecule has 0 N–H and O–H groups in total. The Kier molecular flexibility index (Phi) is 4.41.